The number of amides is 1. The Kier molecular flexibility index (Phi) is 5.41. The maximum absolute atomic E-state index is 12.3. The van der Waals surface area contributed by atoms with Crippen LogP contribution < -0.4 is 10.1 Å². The number of carbonyl (C=O) groups excluding carboxylic acids is 1. The molecule has 5 nitrogen and oxygen atoms in total. The minimum Gasteiger partial charge on any atom is -0.487 e. The Balaban J connectivity index is 2.16. The first-order valence-electron chi connectivity index (χ1n) is 7.25. The van der Waals surface area contributed by atoms with Gasteiger partial charge in [-0.25, -0.2) is 8.42 Å². The quantitative estimate of drug-likeness (QED) is 0.816. The molecule has 2 aromatic rings. The van der Waals surface area contributed by atoms with Crippen molar-refractivity contribution in [1.82, 2.24) is 0 Å². The molecule has 6 heteroatoms. The summed E-state index contributed by atoms with van der Waals surface area (Å²) in [5.74, 6) is 0.197. The van der Waals surface area contributed by atoms with Crippen molar-refractivity contribution in [3.05, 3.63) is 66.2 Å². The largest absolute Gasteiger partial charge is 0.487 e. The monoisotopic (exact) mass is 345 g/mol. The average Bonchev–Trinajstić information content (AvgIpc) is 2.53. The lowest BCUT2D eigenvalue weighted by atomic mass is 10.2. The van der Waals surface area contributed by atoms with Crippen molar-refractivity contribution in [3.8, 4) is 5.75 Å². The zero-order valence-corrected chi connectivity index (χ0v) is 14.4. The molecule has 0 aromatic heterocycles. The molecule has 0 unspecified atom stereocenters. The van der Waals surface area contributed by atoms with Crippen LogP contribution in [0.2, 0.25) is 0 Å². The molecule has 2 rings (SSSR count). The highest BCUT2D eigenvalue weighted by molar-refractivity contribution is 7.90. The third-order valence-electron chi connectivity index (χ3n) is 3.15. The van der Waals surface area contributed by atoms with Crippen LogP contribution in [-0.4, -0.2) is 27.2 Å². The molecule has 2 aromatic carbocycles. The molecule has 0 saturated heterocycles. The predicted octanol–water partition coefficient (Wildman–Crippen LogP) is 3.30. The van der Waals surface area contributed by atoms with E-state index < -0.39 is 9.84 Å². The first kappa shape index (κ1) is 17.7. The Morgan fingerprint density at radius 3 is 2.33 bits per heavy atom. The lowest BCUT2D eigenvalue weighted by molar-refractivity contribution is 0.102. The van der Waals surface area contributed by atoms with Gasteiger partial charge in [0.2, 0.25) is 0 Å². The van der Waals surface area contributed by atoms with Crippen LogP contribution in [0.1, 0.15) is 17.3 Å². The minimum atomic E-state index is -3.29. The van der Waals surface area contributed by atoms with Gasteiger partial charge in [-0.15, -0.1) is 0 Å². The van der Waals surface area contributed by atoms with Crippen LogP contribution >= 0.6 is 0 Å². The summed E-state index contributed by atoms with van der Waals surface area (Å²) in [6, 6.07) is 12.9. The average molecular weight is 345 g/mol. The van der Waals surface area contributed by atoms with Crippen molar-refractivity contribution >= 4 is 21.4 Å². The lowest BCUT2D eigenvalue weighted by Crippen LogP contribution is -2.13. The van der Waals surface area contributed by atoms with Crippen LogP contribution in [0.3, 0.4) is 0 Å². The van der Waals surface area contributed by atoms with E-state index in [1.54, 1.807) is 18.2 Å². The Hall–Kier alpha value is -2.60. The molecule has 1 N–H and O–H groups in total. The van der Waals surface area contributed by atoms with Crippen LogP contribution in [-0.2, 0) is 9.84 Å². The van der Waals surface area contributed by atoms with Gasteiger partial charge in [-0.3, -0.25) is 4.79 Å². The highest BCUT2D eigenvalue weighted by atomic mass is 32.2. The van der Waals surface area contributed by atoms with E-state index in [4.69, 9.17) is 4.74 Å². The number of nitrogens with one attached hydrogen (secondary N) is 1. The van der Waals surface area contributed by atoms with Gasteiger partial charge in [0.25, 0.3) is 5.91 Å². The van der Waals surface area contributed by atoms with Gasteiger partial charge in [-0.1, -0.05) is 18.7 Å². The molecule has 126 valence electrons. The van der Waals surface area contributed by atoms with Gasteiger partial charge in [-0.05, 0) is 48.9 Å². The van der Waals surface area contributed by atoms with Crippen molar-refractivity contribution < 1.29 is 17.9 Å². The molecule has 0 bridgehead atoms. The zero-order chi connectivity index (χ0) is 17.7. The highest BCUT2D eigenvalue weighted by Gasteiger charge is 2.12. The Morgan fingerprint density at radius 1 is 1.12 bits per heavy atom. The van der Waals surface area contributed by atoms with E-state index in [1.165, 1.54) is 24.3 Å². The number of ether oxygens (including phenoxy) is 1. The summed E-state index contributed by atoms with van der Waals surface area (Å²) >= 11 is 0. The van der Waals surface area contributed by atoms with Crippen molar-refractivity contribution in [3.63, 3.8) is 0 Å². The van der Waals surface area contributed by atoms with E-state index in [0.29, 0.717) is 23.6 Å². The van der Waals surface area contributed by atoms with Crippen molar-refractivity contribution in [2.24, 2.45) is 0 Å². The molecule has 0 aliphatic heterocycles. The number of benzene rings is 2. The fraction of sp³-hybridized carbons (Fsp3) is 0.167. The summed E-state index contributed by atoms with van der Waals surface area (Å²) in [6.07, 6.45) is 1.12. The molecular formula is C18H19NO4S. The number of carbonyl (C=O) groups is 1. The molecule has 0 spiro atoms. The molecule has 0 heterocycles. The number of rotatable bonds is 6. The smallest absolute Gasteiger partial charge is 0.255 e. The molecule has 0 radical (unpaired) electrons. The number of para-hydroxylation sites is 2. The second kappa shape index (κ2) is 7.31. The van der Waals surface area contributed by atoms with E-state index in [0.717, 1.165) is 11.8 Å². The first-order valence-corrected chi connectivity index (χ1v) is 9.14. The van der Waals surface area contributed by atoms with E-state index in [9.17, 15) is 13.2 Å². The third kappa shape index (κ3) is 4.70. The van der Waals surface area contributed by atoms with Crippen LogP contribution in [0.25, 0.3) is 0 Å². The minimum absolute atomic E-state index is 0.171. The Labute approximate surface area is 141 Å². The van der Waals surface area contributed by atoms with Gasteiger partial charge < -0.3 is 10.1 Å². The summed E-state index contributed by atoms with van der Waals surface area (Å²) in [4.78, 5) is 12.5. The van der Waals surface area contributed by atoms with Crippen molar-refractivity contribution in [2.45, 2.75) is 11.8 Å². The standard InChI is InChI=1S/C18H19NO4S/c1-13(2)12-23-17-7-5-4-6-16(17)19-18(20)14-8-10-15(11-9-14)24(3,21)22/h4-11H,1,12H2,2-3H3,(H,19,20). The second-order valence-corrected chi connectivity index (χ2v) is 7.51. The number of hydrogen-bond donors (Lipinski definition) is 1. The molecule has 0 fully saturated rings. The first-order chi connectivity index (χ1) is 11.3. The van der Waals surface area contributed by atoms with Gasteiger partial charge in [0.1, 0.15) is 12.4 Å². The van der Waals surface area contributed by atoms with Gasteiger partial charge in [0.05, 0.1) is 10.6 Å². The number of hydrogen-bond acceptors (Lipinski definition) is 4. The van der Waals surface area contributed by atoms with Crippen LogP contribution in [0.15, 0.2) is 65.6 Å². The second-order valence-electron chi connectivity index (χ2n) is 5.49. The zero-order valence-electron chi connectivity index (χ0n) is 13.6. The van der Waals surface area contributed by atoms with Crippen LogP contribution in [0.5, 0.6) is 5.75 Å². The SMILES string of the molecule is C=C(C)COc1ccccc1NC(=O)c1ccc(S(C)(=O)=O)cc1. The van der Waals surface area contributed by atoms with Gasteiger partial charge in [0.15, 0.2) is 9.84 Å². The van der Waals surface area contributed by atoms with Gasteiger partial charge >= 0.3 is 0 Å². The summed E-state index contributed by atoms with van der Waals surface area (Å²) in [7, 11) is -3.29. The molecule has 0 aliphatic carbocycles. The summed E-state index contributed by atoms with van der Waals surface area (Å²) in [6.45, 7) is 5.98. The Bertz CT molecular complexity index is 855. The maximum Gasteiger partial charge on any atom is 0.255 e. The fourth-order valence-electron chi connectivity index (χ4n) is 1.94. The molecule has 24 heavy (non-hydrogen) atoms. The molecule has 0 saturated carbocycles. The van der Waals surface area contributed by atoms with E-state index in [-0.39, 0.29) is 10.8 Å². The van der Waals surface area contributed by atoms with Crippen molar-refractivity contribution in [1.29, 1.82) is 0 Å². The van der Waals surface area contributed by atoms with Crippen molar-refractivity contribution in [2.75, 3.05) is 18.2 Å². The van der Waals surface area contributed by atoms with Gasteiger partial charge in [0, 0.05) is 11.8 Å². The van der Waals surface area contributed by atoms with E-state index in [2.05, 4.69) is 11.9 Å². The Morgan fingerprint density at radius 2 is 1.75 bits per heavy atom. The number of anilines is 1. The summed E-state index contributed by atoms with van der Waals surface area (Å²) in [5.41, 5.74) is 1.76. The maximum atomic E-state index is 12.3. The molecule has 0 aliphatic rings. The van der Waals surface area contributed by atoms with Crippen LogP contribution in [0, 0.1) is 0 Å². The normalized spacial score (nSPS) is 10.9. The highest BCUT2D eigenvalue weighted by Crippen LogP contribution is 2.25. The lowest BCUT2D eigenvalue weighted by Gasteiger charge is -2.12. The molecule has 1 amide bonds. The fourth-order valence-corrected chi connectivity index (χ4v) is 2.58. The molecular weight excluding hydrogens is 326 g/mol. The number of sulfone groups is 1. The summed E-state index contributed by atoms with van der Waals surface area (Å²) in [5, 5.41) is 2.77. The van der Waals surface area contributed by atoms with Crippen LogP contribution in [0.4, 0.5) is 5.69 Å². The summed E-state index contributed by atoms with van der Waals surface area (Å²) < 4.78 is 28.5. The predicted molar refractivity (Wildman–Crippen MR) is 94.3 cm³/mol. The van der Waals surface area contributed by atoms with E-state index >= 15 is 0 Å². The third-order valence-corrected chi connectivity index (χ3v) is 4.28. The topological polar surface area (TPSA) is 72.5 Å². The van der Waals surface area contributed by atoms with Gasteiger partial charge in [-0.2, -0.15) is 0 Å². The van der Waals surface area contributed by atoms with E-state index in [1.807, 2.05) is 13.0 Å². The molecule has 0 atom stereocenters.